The van der Waals surface area contributed by atoms with E-state index >= 15 is 0 Å². The standard InChI is InChI=1S/C32H19FO/c33-22-9-7-8-20(18-22)31-24-11-1-3-13-26(24)32(27-14-4-2-12-25(27)31)21-16-17-30-28(19-21)23-10-5-6-15-29(23)34-30/h1-19H. The first kappa shape index (κ1) is 19.1. The summed E-state index contributed by atoms with van der Waals surface area (Å²) in [5.41, 5.74) is 6.04. The van der Waals surface area contributed by atoms with Crippen LogP contribution in [0.4, 0.5) is 4.39 Å². The number of hydrogen-bond acceptors (Lipinski definition) is 1. The van der Waals surface area contributed by atoms with Crippen molar-refractivity contribution in [2.45, 2.75) is 0 Å². The van der Waals surface area contributed by atoms with Crippen LogP contribution in [0.5, 0.6) is 0 Å². The van der Waals surface area contributed by atoms with Crippen molar-refractivity contribution < 1.29 is 8.81 Å². The van der Waals surface area contributed by atoms with Crippen molar-refractivity contribution in [1.29, 1.82) is 0 Å². The van der Waals surface area contributed by atoms with E-state index in [1.807, 2.05) is 24.3 Å². The van der Waals surface area contributed by atoms with Crippen LogP contribution in [-0.2, 0) is 0 Å². The number of fused-ring (bicyclic) bond motifs is 5. The van der Waals surface area contributed by atoms with Crippen molar-refractivity contribution in [2.24, 2.45) is 0 Å². The Morgan fingerprint density at radius 2 is 0.941 bits per heavy atom. The third-order valence-corrected chi connectivity index (χ3v) is 6.71. The highest BCUT2D eigenvalue weighted by atomic mass is 19.1. The highest BCUT2D eigenvalue weighted by Crippen LogP contribution is 2.44. The van der Waals surface area contributed by atoms with Crippen LogP contribution in [0.15, 0.2) is 120 Å². The van der Waals surface area contributed by atoms with Gasteiger partial charge in [-0.25, -0.2) is 4.39 Å². The van der Waals surface area contributed by atoms with E-state index in [0.29, 0.717) is 0 Å². The van der Waals surface area contributed by atoms with Crippen LogP contribution in [0.2, 0.25) is 0 Å². The fraction of sp³-hybridized carbons (Fsp3) is 0. The smallest absolute Gasteiger partial charge is 0.135 e. The molecule has 7 rings (SSSR count). The maximum absolute atomic E-state index is 14.2. The van der Waals surface area contributed by atoms with Gasteiger partial charge in [0.1, 0.15) is 17.0 Å². The third-order valence-electron chi connectivity index (χ3n) is 6.71. The molecule has 0 amide bonds. The highest BCUT2D eigenvalue weighted by Gasteiger charge is 2.17. The average molecular weight is 439 g/mol. The summed E-state index contributed by atoms with van der Waals surface area (Å²) in [6.45, 7) is 0. The first-order chi connectivity index (χ1) is 16.8. The van der Waals surface area contributed by atoms with E-state index in [-0.39, 0.29) is 5.82 Å². The van der Waals surface area contributed by atoms with Gasteiger partial charge < -0.3 is 4.42 Å². The molecule has 1 nitrogen and oxygen atoms in total. The third kappa shape index (κ3) is 2.79. The summed E-state index contributed by atoms with van der Waals surface area (Å²) in [6.07, 6.45) is 0. The second kappa shape index (κ2) is 7.29. The summed E-state index contributed by atoms with van der Waals surface area (Å²) in [6, 6.07) is 38.3. The van der Waals surface area contributed by atoms with Crippen LogP contribution < -0.4 is 0 Å². The molecule has 0 aliphatic rings. The van der Waals surface area contributed by atoms with Gasteiger partial charge in [-0.1, -0.05) is 84.9 Å². The summed E-state index contributed by atoms with van der Waals surface area (Å²) in [4.78, 5) is 0. The fourth-order valence-corrected chi connectivity index (χ4v) is 5.28. The van der Waals surface area contributed by atoms with Crippen LogP contribution in [0, 0.1) is 5.82 Å². The monoisotopic (exact) mass is 438 g/mol. The molecule has 160 valence electrons. The lowest BCUT2D eigenvalue weighted by Gasteiger charge is -2.17. The largest absolute Gasteiger partial charge is 0.456 e. The van der Waals surface area contributed by atoms with Gasteiger partial charge in [-0.05, 0) is 74.1 Å². The van der Waals surface area contributed by atoms with Crippen LogP contribution in [0.3, 0.4) is 0 Å². The Morgan fingerprint density at radius 1 is 0.412 bits per heavy atom. The van der Waals surface area contributed by atoms with Gasteiger partial charge in [0.05, 0.1) is 0 Å². The van der Waals surface area contributed by atoms with E-state index in [4.69, 9.17) is 4.42 Å². The molecular formula is C32H19FO. The molecule has 0 unspecified atom stereocenters. The summed E-state index contributed by atoms with van der Waals surface area (Å²) in [7, 11) is 0. The van der Waals surface area contributed by atoms with Crippen molar-refractivity contribution in [3.05, 3.63) is 121 Å². The van der Waals surface area contributed by atoms with Crippen molar-refractivity contribution in [3.8, 4) is 22.3 Å². The Labute approximate surface area is 195 Å². The topological polar surface area (TPSA) is 13.1 Å². The molecule has 2 heteroatoms. The van der Waals surface area contributed by atoms with Gasteiger partial charge in [0.15, 0.2) is 0 Å². The summed E-state index contributed by atoms with van der Waals surface area (Å²) in [5.74, 6) is -0.230. The molecular weight excluding hydrogens is 419 g/mol. The van der Waals surface area contributed by atoms with E-state index in [1.165, 1.54) is 11.6 Å². The van der Waals surface area contributed by atoms with Gasteiger partial charge in [0.25, 0.3) is 0 Å². The first-order valence-corrected chi connectivity index (χ1v) is 11.4. The molecule has 0 fully saturated rings. The Bertz CT molecular complexity index is 1820. The summed E-state index contributed by atoms with van der Waals surface area (Å²) in [5, 5.41) is 6.73. The zero-order chi connectivity index (χ0) is 22.6. The van der Waals surface area contributed by atoms with E-state index in [1.54, 1.807) is 12.1 Å². The van der Waals surface area contributed by atoms with E-state index < -0.39 is 0 Å². The molecule has 0 aliphatic heterocycles. The Kier molecular flexibility index (Phi) is 4.09. The van der Waals surface area contributed by atoms with E-state index in [2.05, 4.69) is 72.8 Å². The molecule has 0 spiro atoms. The normalized spacial score (nSPS) is 11.7. The first-order valence-electron chi connectivity index (χ1n) is 11.4. The molecule has 0 aliphatic carbocycles. The Balaban J connectivity index is 1.62. The zero-order valence-electron chi connectivity index (χ0n) is 18.3. The minimum Gasteiger partial charge on any atom is -0.456 e. The number of halogens is 1. The van der Waals surface area contributed by atoms with Crippen molar-refractivity contribution in [3.63, 3.8) is 0 Å². The lowest BCUT2D eigenvalue weighted by atomic mass is 9.86. The average Bonchev–Trinajstić information content (AvgIpc) is 3.25. The Morgan fingerprint density at radius 3 is 1.56 bits per heavy atom. The highest BCUT2D eigenvalue weighted by molar-refractivity contribution is 6.22. The van der Waals surface area contributed by atoms with Crippen LogP contribution >= 0.6 is 0 Å². The molecule has 0 atom stereocenters. The molecule has 0 saturated heterocycles. The van der Waals surface area contributed by atoms with Crippen LogP contribution in [-0.4, -0.2) is 0 Å². The SMILES string of the molecule is Fc1cccc(-c2c3ccccc3c(-c3ccc4oc5ccccc5c4c3)c3ccccc23)c1. The van der Waals surface area contributed by atoms with E-state index in [0.717, 1.165) is 60.2 Å². The van der Waals surface area contributed by atoms with Crippen LogP contribution in [0.1, 0.15) is 0 Å². The van der Waals surface area contributed by atoms with Gasteiger partial charge >= 0.3 is 0 Å². The number of para-hydroxylation sites is 1. The maximum atomic E-state index is 14.2. The summed E-state index contributed by atoms with van der Waals surface area (Å²) < 4.78 is 20.3. The zero-order valence-corrected chi connectivity index (χ0v) is 18.3. The number of rotatable bonds is 2. The molecule has 0 saturated carbocycles. The lowest BCUT2D eigenvalue weighted by molar-refractivity contribution is 0.628. The second-order valence-electron chi connectivity index (χ2n) is 8.66. The minimum atomic E-state index is -0.230. The quantitative estimate of drug-likeness (QED) is 0.245. The van der Waals surface area contributed by atoms with Crippen molar-refractivity contribution in [1.82, 2.24) is 0 Å². The predicted molar refractivity (Wildman–Crippen MR) is 140 cm³/mol. The van der Waals surface area contributed by atoms with Gasteiger partial charge in [-0.2, -0.15) is 0 Å². The van der Waals surface area contributed by atoms with Crippen LogP contribution in [0.25, 0.3) is 65.7 Å². The molecule has 7 aromatic rings. The molecule has 0 bridgehead atoms. The van der Waals surface area contributed by atoms with Crippen molar-refractivity contribution >= 4 is 43.5 Å². The van der Waals surface area contributed by atoms with Gasteiger partial charge in [0.2, 0.25) is 0 Å². The molecule has 0 radical (unpaired) electrons. The minimum absolute atomic E-state index is 0.230. The fourth-order valence-electron chi connectivity index (χ4n) is 5.28. The summed E-state index contributed by atoms with van der Waals surface area (Å²) >= 11 is 0. The van der Waals surface area contributed by atoms with Gasteiger partial charge in [-0.15, -0.1) is 0 Å². The molecule has 34 heavy (non-hydrogen) atoms. The van der Waals surface area contributed by atoms with Crippen molar-refractivity contribution in [2.75, 3.05) is 0 Å². The molecule has 6 aromatic carbocycles. The van der Waals surface area contributed by atoms with Gasteiger partial charge in [0, 0.05) is 10.8 Å². The second-order valence-corrected chi connectivity index (χ2v) is 8.66. The maximum Gasteiger partial charge on any atom is 0.135 e. The van der Waals surface area contributed by atoms with E-state index in [9.17, 15) is 4.39 Å². The lowest BCUT2D eigenvalue weighted by Crippen LogP contribution is -1.91. The molecule has 0 N–H and O–H groups in total. The molecule has 1 aromatic heterocycles. The Hall–Kier alpha value is -4.43. The number of furan rings is 1. The predicted octanol–water partition coefficient (Wildman–Crippen LogP) is 9.37. The molecule has 1 heterocycles. The number of benzene rings is 6. The number of hydrogen-bond donors (Lipinski definition) is 0. The van der Waals surface area contributed by atoms with Gasteiger partial charge in [-0.3, -0.25) is 0 Å².